The molecule has 9 rings (SSSR count). The molecule has 69 heavy (non-hydrogen) atoms. The molecule has 2 aliphatic carbocycles. The number of carbonyl (C=O) groups excluding carboxylic acids is 1. The van der Waals surface area contributed by atoms with Crippen molar-refractivity contribution in [2.24, 2.45) is 11.8 Å². The van der Waals surface area contributed by atoms with Gasteiger partial charge in [-0.1, -0.05) is 163 Å². The van der Waals surface area contributed by atoms with E-state index >= 15 is 0 Å². The fourth-order valence-electron chi connectivity index (χ4n) is 11.4. The van der Waals surface area contributed by atoms with E-state index in [0.717, 1.165) is 6.42 Å². The minimum Gasteiger partial charge on any atom is -0.456 e. The van der Waals surface area contributed by atoms with Crippen LogP contribution in [0.25, 0.3) is 0 Å². The number of rotatable bonds is 13. The van der Waals surface area contributed by atoms with E-state index in [9.17, 15) is 20.0 Å². The van der Waals surface area contributed by atoms with Crippen LogP contribution in [0.2, 0.25) is 10.1 Å². The van der Waals surface area contributed by atoms with E-state index in [1.807, 2.05) is 12.1 Å². The first-order valence-corrected chi connectivity index (χ1v) is 27.9. The number of aliphatic hydroxyl groups is 1. The zero-order valence-corrected chi connectivity index (χ0v) is 42.9. The highest BCUT2D eigenvalue weighted by Crippen LogP contribution is 2.48. The quantitative estimate of drug-likeness (QED) is 0.0532. The molecule has 366 valence electrons. The van der Waals surface area contributed by atoms with Gasteiger partial charge in [0, 0.05) is 63.9 Å². The van der Waals surface area contributed by atoms with Gasteiger partial charge in [-0.3, -0.25) is 10.1 Å². The first-order valence-electron chi connectivity index (χ1n) is 24.1. The standard InChI is InChI=1S/C31H35NO7Si.C24H32O4Si/c1-31(2,3)40(23-11-7-5-8-12-23,24-13-9-6-10-14-24)39-26-20-27(29-25(26)19-28(36-4)38-29)37-30(33)21-15-17-22(18-16-21)32(34)35;1-24(2,3)29(17-11-7-5-8-12-17,18-13-9-6-10-14-18)28-21-16-20(25)23-19(21)15-22(26-4)27-23/h5-18,25-29H,19-20H2,1-4H3;5-14,19-23,25H,15-16H2,1-4H3/t25-,26+,27+,28?,29-;19-,20+,21+,22?,23-/m00/s1. The number of methoxy groups -OCH3 is 2. The Labute approximate surface area is 408 Å². The molecule has 5 aromatic rings. The van der Waals surface area contributed by atoms with E-state index in [2.05, 4.69) is 151 Å². The minimum absolute atomic E-state index is 0.0266. The molecule has 4 fully saturated rings. The highest BCUT2D eigenvalue weighted by atomic mass is 28.4. The molecule has 2 aliphatic heterocycles. The number of benzene rings is 5. The first-order chi connectivity index (χ1) is 33.0. The molecule has 14 heteroatoms. The molecule has 2 saturated heterocycles. The zero-order chi connectivity index (χ0) is 49.1. The van der Waals surface area contributed by atoms with Gasteiger partial charge in [-0.25, -0.2) is 4.79 Å². The summed E-state index contributed by atoms with van der Waals surface area (Å²) in [5, 5.41) is 26.3. The van der Waals surface area contributed by atoms with Gasteiger partial charge < -0.3 is 37.6 Å². The molecule has 10 atom stereocenters. The van der Waals surface area contributed by atoms with Crippen molar-refractivity contribution in [3.8, 4) is 0 Å². The van der Waals surface area contributed by atoms with Gasteiger partial charge >= 0.3 is 5.97 Å². The Morgan fingerprint density at radius 2 is 0.942 bits per heavy atom. The lowest BCUT2D eigenvalue weighted by Gasteiger charge is -2.45. The summed E-state index contributed by atoms with van der Waals surface area (Å²) in [4.78, 5) is 23.6. The third-order valence-electron chi connectivity index (χ3n) is 14.6. The molecule has 2 saturated carbocycles. The van der Waals surface area contributed by atoms with Crippen LogP contribution in [0.15, 0.2) is 146 Å². The molecule has 1 N–H and O–H groups in total. The Bertz CT molecular complexity index is 2390. The van der Waals surface area contributed by atoms with Crippen LogP contribution in [0.4, 0.5) is 5.69 Å². The van der Waals surface area contributed by atoms with Gasteiger partial charge in [0.15, 0.2) is 12.6 Å². The summed E-state index contributed by atoms with van der Waals surface area (Å²) in [7, 11) is -2.23. The number of carbonyl (C=O) groups is 1. The number of ether oxygens (including phenoxy) is 5. The molecule has 0 radical (unpaired) electrons. The number of nitro groups is 1. The van der Waals surface area contributed by atoms with E-state index < -0.39 is 46.0 Å². The third kappa shape index (κ3) is 10.1. The van der Waals surface area contributed by atoms with Gasteiger partial charge in [0.2, 0.25) is 0 Å². The summed E-state index contributed by atoms with van der Waals surface area (Å²) in [6.07, 6.45) is -0.112. The summed E-state index contributed by atoms with van der Waals surface area (Å²) in [5.74, 6) is -0.424. The van der Waals surface area contributed by atoms with Crippen molar-refractivity contribution < 1.29 is 47.4 Å². The van der Waals surface area contributed by atoms with Crippen molar-refractivity contribution in [2.75, 3.05) is 14.2 Å². The highest BCUT2D eigenvalue weighted by molar-refractivity contribution is 7.00. The number of aliphatic hydroxyl groups excluding tert-OH is 1. The summed E-state index contributed by atoms with van der Waals surface area (Å²) in [6, 6.07) is 47.6. The van der Waals surface area contributed by atoms with Crippen molar-refractivity contribution in [1.82, 2.24) is 0 Å². The second-order valence-electron chi connectivity index (χ2n) is 20.8. The number of hydrogen-bond acceptors (Lipinski definition) is 11. The van der Waals surface area contributed by atoms with Gasteiger partial charge in [0.05, 0.1) is 34.9 Å². The number of hydrogen-bond donors (Lipinski definition) is 1. The van der Waals surface area contributed by atoms with Crippen LogP contribution < -0.4 is 20.7 Å². The number of fused-ring (bicyclic) bond motifs is 2. The fourth-order valence-corrected chi connectivity index (χ4v) is 20.9. The van der Waals surface area contributed by atoms with Gasteiger partial charge in [-0.2, -0.15) is 0 Å². The van der Waals surface area contributed by atoms with Crippen LogP contribution in [-0.4, -0.2) is 96.1 Å². The van der Waals surface area contributed by atoms with Crippen molar-refractivity contribution >= 4 is 49.0 Å². The molecule has 12 nitrogen and oxygen atoms in total. The van der Waals surface area contributed by atoms with E-state index in [0.29, 0.717) is 19.3 Å². The number of esters is 1. The third-order valence-corrected chi connectivity index (χ3v) is 24.7. The van der Waals surface area contributed by atoms with Crippen LogP contribution in [-0.2, 0) is 32.5 Å². The Morgan fingerprint density at radius 3 is 1.32 bits per heavy atom. The molecule has 2 unspecified atom stereocenters. The van der Waals surface area contributed by atoms with Crippen molar-refractivity contribution in [2.45, 2.75) is 127 Å². The number of nitrogens with zero attached hydrogens (tertiary/aromatic N) is 1. The van der Waals surface area contributed by atoms with Crippen LogP contribution in [0.5, 0.6) is 0 Å². The fraction of sp³-hybridized carbons (Fsp3) is 0.436. The van der Waals surface area contributed by atoms with Crippen LogP contribution in [0.3, 0.4) is 0 Å². The Hall–Kier alpha value is -4.88. The normalized spacial score (nSPS) is 26.7. The SMILES string of the molecule is COC1C[C@@H]2[C@H](O1)[C@H](O)C[C@H]2O[Si](c1ccccc1)(c1ccccc1)C(C)(C)C.COC1C[C@@H]2[C@H](O1)[C@H](OC(=O)c1ccc([N+](=O)[O-])cc1)C[C@H]2O[Si](c1ccccc1)(c1ccccc1)C(C)(C)C. The summed E-state index contributed by atoms with van der Waals surface area (Å²) in [5.41, 5.74) is 0.165. The molecule has 0 aromatic heterocycles. The van der Waals surface area contributed by atoms with E-state index in [1.54, 1.807) is 14.2 Å². The molecule has 5 aromatic carbocycles. The minimum atomic E-state index is -2.86. The lowest BCUT2D eigenvalue weighted by atomic mass is 10.0. The molecular formula is C55H67NO11Si2. The topological polar surface area (TPSA) is 145 Å². The predicted octanol–water partition coefficient (Wildman–Crippen LogP) is 7.92. The molecule has 0 bridgehead atoms. The van der Waals surface area contributed by atoms with Crippen LogP contribution in [0.1, 0.15) is 77.6 Å². The Morgan fingerprint density at radius 1 is 0.565 bits per heavy atom. The maximum absolute atomic E-state index is 13.1. The van der Waals surface area contributed by atoms with Gasteiger partial charge in [0.1, 0.15) is 12.2 Å². The average molecular weight is 974 g/mol. The van der Waals surface area contributed by atoms with Crippen molar-refractivity contribution in [3.63, 3.8) is 0 Å². The monoisotopic (exact) mass is 973 g/mol. The predicted molar refractivity (Wildman–Crippen MR) is 270 cm³/mol. The lowest BCUT2D eigenvalue weighted by molar-refractivity contribution is -0.384. The Kier molecular flexibility index (Phi) is 15.3. The smallest absolute Gasteiger partial charge is 0.338 e. The van der Waals surface area contributed by atoms with Crippen molar-refractivity contribution in [1.29, 1.82) is 0 Å². The Balaban J connectivity index is 0.000000196. The largest absolute Gasteiger partial charge is 0.456 e. The lowest BCUT2D eigenvalue weighted by Crippen LogP contribution is -2.68. The summed E-state index contributed by atoms with van der Waals surface area (Å²) >= 11 is 0. The number of non-ortho nitro benzene ring substituents is 1. The summed E-state index contributed by atoms with van der Waals surface area (Å²) in [6.45, 7) is 13.6. The molecular weight excluding hydrogens is 907 g/mol. The molecule has 0 amide bonds. The second-order valence-corrected chi connectivity index (χ2v) is 29.3. The first kappa shape index (κ1) is 50.5. The zero-order valence-electron chi connectivity index (χ0n) is 40.9. The van der Waals surface area contributed by atoms with Gasteiger partial charge in [-0.05, 0) is 43.0 Å². The van der Waals surface area contributed by atoms with Crippen LogP contribution in [0, 0.1) is 22.0 Å². The van der Waals surface area contributed by atoms with E-state index in [1.165, 1.54) is 45.0 Å². The summed E-state index contributed by atoms with van der Waals surface area (Å²) < 4.78 is 43.9. The maximum Gasteiger partial charge on any atom is 0.338 e. The van der Waals surface area contributed by atoms with E-state index in [4.69, 9.17) is 32.5 Å². The molecule has 2 heterocycles. The van der Waals surface area contributed by atoms with Gasteiger partial charge in [0.25, 0.3) is 22.3 Å². The second kappa shape index (κ2) is 20.8. The van der Waals surface area contributed by atoms with Crippen molar-refractivity contribution in [3.05, 3.63) is 161 Å². The number of nitro benzene ring substituents is 1. The maximum atomic E-state index is 13.1. The van der Waals surface area contributed by atoms with E-state index in [-0.39, 0.29) is 63.9 Å². The van der Waals surface area contributed by atoms with Gasteiger partial charge in [-0.15, -0.1) is 0 Å². The average Bonchev–Trinajstić information content (AvgIpc) is 4.12. The molecule has 4 aliphatic rings. The highest BCUT2D eigenvalue weighted by Gasteiger charge is 2.59. The van der Waals surface area contributed by atoms with Crippen LogP contribution >= 0.6 is 0 Å². The molecule has 0 spiro atoms.